The number of hydrogen-bond donors (Lipinski definition) is 1. The van der Waals surface area contributed by atoms with Crippen LogP contribution in [0.4, 0.5) is 0 Å². The summed E-state index contributed by atoms with van der Waals surface area (Å²) in [7, 11) is 1.88. The third-order valence-corrected chi connectivity index (χ3v) is 3.70. The zero-order valence-electron chi connectivity index (χ0n) is 10.5. The summed E-state index contributed by atoms with van der Waals surface area (Å²) in [5, 5.41) is 13.2. The lowest BCUT2D eigenvalue weighted by Gasteiger charge is -2.03. The molecule has 19 heavy (non-hydrogen) atoms. The molecule has 2 aromatic heterocycles. The van der Waals surface area contributed by atoms with Crippen molar-refractivity contribution in [3.63, 3.8) is 0 Å². The normalized spacial score (nSPS) is 10.6. The van der Waals surface area contributed by atoms with Gasteiger partial charge in [-0.05, 0) is 0 Å². The number of carbonyl (C=O) groups is 1. The van der Waals surface area contributed by atoms with E-state index in [1.54, 1.807) is 6.33 Å². The molecule has 0 aliphatic rings. The van der Waals surface area contributed by atoms with E-state index in [2.05, 4.69) is 20.5 Å². The van der Waals surface area contributed by atoms with Gasteiger partial charge < -0.3 is 9.88 Å². The Balaban J connectivity index is 1.74. The van der Waals surface area contributed by atoms with Crippen molar-refractivity contribution in [3.05, 3.63) is 28.2 Å². The highest BCUT2D eigenvalue weighted by atomic mass is 35.5. The van der Waals surface area contributed by atoms with Crippen molar-refractivity contribution in [3.8, 4) is 0 Å². The Morgan fingerprint density at radius 1 is 1.58 bits per heavy atom. The molecule has 0 aliphatic heterocycles. The average molecular weight is 300 g/mol. The first-order valence-electron chi connectivity index (χ1n) is 5.78. The summed E-state index contributed by atoms with van der Waals surface area (Å²) in [4.78, 5) is 15.9. The average Bonchev–Trinajstić information content (AvgIpc) is 2.99. The van der Waals surface area contributed by atoms with Crippen LogP contribution in [-0.4, -0.2) is 32.2 Å². The molecule has 0 saturated heterocycles. The molecule has 2 heterocycles. The van der Waals surface area contributed by atoms with Gasteiger partial charge in [-0.3, -0.25) is 4.79 Å². The van der Waals surface area contributed by atoms with Gasteiger partial charge in [0, 0.05) is 25.4 Å². The summed E-state index contributed by atoms with van der Waals surface area (Å²) in [5.74, 6) is 1.18. The molecule has 0 fully saturated rings. The second-order valence-corrected chi connectivity index (χ2v) is 5.21. The van der Waals surface area contributed by atoms with Crippen LogP contribution in [0.5, 0.6) is 0 Å². The Kier molecular flexibility index (Phi) is 4.86. The van der Waals surface area contributed by atoms with Gasteiger partial charge in [-0.1, -0.05) is 0 Å². The van der Waals surface area contributed by atoms with Gasteiger partial charge in [0.25, 0.3) is 0 Å². The molecule has 0 unspecified atom stereocenters. The first kappa shape index (κ1) is 14.0. The fraction of sp³-hybridized carbons (Fsp3) is 0.455. The Morgan fingerprint density at radius 3 is 3.05 bits per heavy atom. The van der Waals surface area contributed by atoms with Crippen LogP contribution in [0, 0.1) is 0 Å². The van der Waals surface area contributed by atoms with Crippen LogP contribution in [0.25, 0.3) is 0 Å². The van der Waals surface area contributed by atoms with E-state index in [0.29, 0.717) is 25.3 Å². The molecule has 102 valence electrons. The minimum atomic E-state index is -0.0439. The summed E-state index contributed by atoms with van der Waals surface area (Å²) in [6.07, 6.45) is 2.59. The lowest BCUT2D eigenvalue weighted by Crippen LogP contribution is -2.27. The number of nitrogens with zero attached hydrogens (tertiary/aromatic N) is 4. The molecule has 0 spiro atoms. The van der Waals surface area contributed by atoms with Gasteiger partial charge in [0.05, 0.1) is 18.0 Å². The van der Waals surface area contributed by atoms with Crippen molar-refractivity contribution in [2.75, 3.05) is 6.54 Å². The molecule has 2 aromatic rings. The topological polar surface area (TPSA) is 72.7 Å². The number of hydrogen-bond acceptors (Lipinski definition) is 5. The maximum absolute atomic E-state index is 11.7. The number of halogens is 1. The third-order valence-electron chi connectivity index (χ3n) is 2.52. The van der Waals surface area contributed by atoms with Crippen LogP contribution in [-0.2, 0) is 30.6 Å². The van der Waals surface area contributed by atoms with Crippen LogP contribution in [0.2, 0.25) is 0 Å². The molecule has 2 rings (SSSR count). The van der Waals surface area contributed by atoms with Crippen LogP contribution in [0.3, 0.4) is 0 Å². The summed E-state index contributed by atoms with van der Waals surface area (Å²) >= 11 is 7.11. The monoisotopic (exact) mass is 299 g/mol. The van der Waals surface area contributed by atoms with Gasteiger partial charge in [-0.25, -0.2) is 4.98 Å². The number of carbonyl (C=O) groups excluding carboxylic acids is 1. The van der Waals surface area contributed by atoms with Crippen molar-refractivity contribution in [2.24, 2.45) is 7.05 Å². The SMILES string of the molecule is Cn1cnnc1CCNC(=O)Cc1nc(CCl)cs1. The summed E-state index contributed by atoms with van der Waals surface area (Å²) in [6.45, 7) is 0.541. The van der Waals surface area contributed by atoms with Gasteiger partial charge in [0.2, 0.25) is 5.91 Å². The highest BCUT2D eigenvalue weighted by molar-refractivity contribution is 7.09. The Bertz CT molecular complexity index is 553. The molecule has 0 atom stereocenters. The van der Waals surface area contributed by atoms with Crippen molar-refractivity contribution < 1.29 is 4.79 Å². The molecule has 8 heteroatoms. The Morgan fingerprint density at radius 2 is 2.42 bits per heavy atom. The minimum Gasteiger partial charge on any atom is -0.355 e. The Labute approximate surface area is 119 Å². The van der Waals surface area contributed by atoms with Crippen LogP contribution in [0.1, 0.15) is 16.5 Å². The van der Waals surface area contributed by atoms with Crippen LogP contribution in [0.15, 0.2) is 11.7 Å². The van der Waals surface area contributed by atoms with Gasteiger partial charge >= 0.3 is 0 Å². The highest BCUT2D eigenvalue weighted by Crippen LogP contribution is 2.11. The molecule has 1 amide bonds. The van der Waals surface area contributed by atoms with E-state index in [4.69, 9.17) is 11.6 Å². The van der Waals surface area contributed by atoms with E-state index in [1.165, 1.54) is 11.3 Å². The summed E-state index contributed by atoms with van der Waals surface area (Å²) in [6, 6.07) is 0. The molecule has 0 radical (unpaired) electrons. The highest BCUT2D eigenvalue weighted by Gasteiger charge is 2.08. The molecular formula is C11H14ClN5OS. The van der Waals surface area contributed by atoms with Crippen molar-refractivity contribution in [2.45, 2.75) is 18.7 Å². The molecular weight excluding hydrogens is 286 g/mol. The maximum atomic E-state index is 11.7. The van der Waals surface area contributed by atoms with Gasteiger partial charge in [0.15, 0.2) is 0 Å². The number of alkyl halides is 1. The first-order chi connectivity index (χ1) is 9.19. The number of rotatable bonds is 6. The molecule has 0 bridgehead atoms. The van der Waals surface area contributed by atoms with Crippen molar-refractivity contribution in [1.82, 2.24) is 25.1 Å². The predicted molar refractivity (Wildman–Crippen MR) is 73.1 cm³/mol. The standard InChI is InChI=1S/C11H14ClN5OS/c1-17-7-14-16-9(17)2-3-13-10(18)4-11-15-8(5-12)6-19-11/h6-7H,2-5H2,1H3,(H,13,18). The van der Waals surface area contributed by atoms with Crippen molar-refractivity contribution in [1.29, 1.82) is 0 Å². The molecule has 6 nitrogen and oxygen atoms in total. The fourth-order valence-electron chi connectivity index (χ4n) is 1.54. The van der Waals surface area contributed by atoms with E-state index in [-0.39, 0.29) is 5.91 Å². The lowest BCUT2D eigenvalue weighted by atomic mass is 10.3. The summed E-state index contributed by atoms with van der Waals surface area (Å²) in [5.41, 5.74) is 0.813. The van der Waals surface area contributed by atoms with Gasteiger partial charge in [-0.2, -0.15) is 0 Å². The summed E-state index contributed by atoms with van der Waals surface area (Å²) < 4.78 is 1.83. The fourth-order valence-corrected chi connectivity index (χ4v) is 2.56. The van der Waals surface area contributed by atoms with E-state index in [9.17, 15) is 4.79 Å². The predicted octanol–water partition coefficient (Wildman–Crippen LogP) is 0.912. The van der Waals surface area contributed by atoms with E-state index in [1.807, 2.05) is 17.0 Å². The van der Waals surface area contributed by atoms with Crippen LogP contribution < -0.4 is 5.32 Å². The second kappa shape index (κ2) is 6.63. The molecule has 0 aromatic carbocycles. The molecule has 1 N–H and O–H groups in total. The van der Waals surface area contributed by atoms with Crippen LogP contribution >= 0.6 is 22.9 Å². The second-order valence-electron chi connectivity index (χ2n) is 4.00. The minimum absolute atomic E-state index is 0.0439. The molecule has 0 aliphatic carbocycles. The van der Waals surface area contributed by atoms with E-state index >= 15 is 0 Å². The third kappa shape index (κ3) is 4.00. The lowest BCUT2D eigenvalue weighted by molar-refractivity contribution is -0.120. The first-order valence-corrected chi connectivity index (χ1v) is 7.19. The Hall–Kier alpha value is -1.47. The molecule has 0 saturated carbocycles. The maximum Gasteiger partial charge on any atom is 0.226 e. The zero-order chi connectivity index (χ0) is 13.7. The quantitative estimate of drug-likeness (QED) is 0.805. The zero-order valence-corrected chi connectivity index (χ0v) is 12.0. The largest absolute Gasteiger partial charge is 0.355 e. The van der Waals surface area contributed by atoms with E-state index in [0.717, 1.165) is 16.5 Å². The smallest absolute Gasteiger partial charge is 0.226 e. The number of thiazole rings is 1. The van der Waals surface area contributed by atoms with Gasteiger partial charge in [-0.15, -0.1) is 33.1 Å². The van der Waals surface area contributed by atoms with Crippen molar-refractivity contribution >= 4 is 28.8 Å². The van der Waals surface area contributed by atoms with Gasteiger partial charge in [0.1, 0.15) is 17.2 Å². The number of aromatic nitrogens is 4. The number of amides is 1. The number of nitrogens with one attached hydrogen (secondary N) is 1. The van der Waals surface area contributed by atoms with E-state index < -0.39 is 0 Å². The number of aryl methyl sites for hydroxylation is 1.